The highest BCUT2D eigenvalue weighted by atomic mass is 35.5. The number of hydrogen-bond donors (Lipinski definition) is 2. The summed E-state index contributed by atoms with van der Waals surface area (Å²) < 4.78 is 0.956. The summed E-state index contributed by atoms with van der Waals surface area (Å²) >= 11 is 7.36. The van der Waals surface area contributed by atoms with Crippen LogP contribution in [-0.4, -0.2) is 11.9 Å². The molecule has 1 aromatic heterocycles. The maximum atomic E-state index is 12.2. The van der Waals surface area contributed by atoms with E-state index in [9.17, 15) is 4.79 Å². The Hall–Kier alpha value is -1.26. The fourth-order valence-corrected chi connectivity index (χ4v) is 3.83. The van der Waals surface area contributed by atoms with Gasteiger partial charge in [0.15, 0.2) is 0 Å². The maximum Gasteiger partial charge on any atom is 0.263 e. The summed E-state index contributed by atoms with van der Waals surface area (Å²) in [6.45, 7) is 2.19. The third kappa shape index (κ3) is 2.30. The monoisotopic (exact) mass is 294 g/mol. The molecular weight excluding hydrogens is 280 g/mol. The van der Waals surface area contributed by atoms with Gasteiger partial charge in [0, 0.05) is 21.2 Å². The van der Waals surface area contributed by atoms with Gasteiger partial charge >= 0.3 is 0 Å². The molecule has 0 aliphatic heterocycles. The molecule has 0 unspecified atom stereocenters. The number of fused-ring (bicyclic) bond motifs is 1. The summed E-state index contributed by atoms with van der Waals surface area (Å²) in [6, 6.07) is 5.81. The van der Waals surface area contributed by atoms with Gasteiger partial charge in [-0.1, -0.05) is 18.5 Å². The van der Waals surface area contributed by atoms with E-state index in [1.54, 1.807) is 6.07 Å². The highest BCUT2D eigenvalue weighted by Gasteiger charge is 2.28. The molecular formula is C14H15ClN2OS. The number of thiophene rings is 1. The zero-order valence-electron chi connectivity index (χ0n) is 10.6. The highest BCUT2D eigenvalue weighted by Crippen LogP contribution is 2.35. The van der Waals surface area contributed by atoms with E-state index >= 15 is 0 Å². The van der Waals surface area contributed by atoms with E-state index in [4.69, 9.17) is 17.3 Å². The van der Waals surface area contributed by atoms with Crippen LogP contribution >= 0.6 is 22.9 Å². The van der Waals surface area contributed by atoms with E-state index in [1.165, 1.54) is 11.3 Å². The minimum atomic E-state index is -0.0632. The Kier molecular flexibility index (Phi) is 3.15. The number of nitrogen functional groups attached to an aromatic ring is 1. The maximum absolute atomic E-state index is 12.2. The number of carbonyl (C=O) groups is 1. The lowest BCUT2D eigenvalue weighted by Crippen LogP contribution is -2.43. The first-order valence-electron chi connectivity index (χ1n) is 6.33. The largest absolute Gasteiger partial charge is 0.397 e. The molecule has 19 heavy (non-hydrogen) atoms. The summed E-state index contributed by atoms with van der Waals surface area (Å²) in [5.74, 6) is 0.649. The van der Waals surface area contributed by atoms with Gasteiger partial charge in [0.25, 0.3) is 5.91 Å². The van der Waals surface area contributed by atoms with Gasteiger partial charge in [-0.05, 0) is 37.0 Å². The molecule has 0 saturated heterocycles. The third-order valence-electron chi connectivity index (χ3n) is 3.61. The smallest absolute Gasteiger partial charge is 0.263 e. The number of nitrogens with two attached hydrogens (primary N) is 1. The Balaban J connectivity index is 1.87. The van der Waals surface area contributed by atoms with Crippen LogP contribution in [0.2, 0.25) is 5.02 Å². The SMILES string of the molecule is CC1CC(NC(=O)c2sc3cc(Cl)ccc3c2N)C1. The van der Waals surface area contributed by atoms with Gasteiger partial charge < -0.3 is 11.1 Å². The van der Waals surface area contributed by atoms with Gasteiger partial charge in [-0.3, -0.25) is 4.79 Å². The molecule has 0 spiro atoms. The molecule has 0 atom stereocenters. The number of rotatable bonds is 2. The Morgan fingerprint density at radius 3 is 2.89 bits per heavy atom. The zero-order valence-corrected chi connectivity index (χ0v) is 12.1. The minimum absolute atomic E-state index is 0.0632. The molecule has 2 aromatic rings. The number of benzene rings is 1. The molecule has 3 nitrogen and oxygen atoms in total. The second-order valence-corrected chi connectivity index (χ2v) is 6.72. The fourth-order valence-electron chi connectivity index (χ4n) is 2.53. The lowest BCUT2D eigenvalue weighted by atomic mass is 9.82. The summed E-state index contributed by atoms with van der Waals surface area (Å²) in [5.41, 5.74) is 6.62. The van der Waals surface area contributed by atoms with Crippen molar-refractivity contribution in [3.63, 3.8) is 0 Å². The number of carbonyl (C=O) groups excluding carboxylic acids is 1. The first kappa shape index (κ1) is 12.8. The van der Waals surface area contributed by atoms with Crippen LogP contribution in [0.4, 0.5) is 5.69 Å². The predicted molar refractivity (Wildman–Crippen MR) is 80.9 cm³/mol. The Labute approximate surface area is 120 Å². The van der Waals surface area contributed by atoms with Gasteiger partial charge in [0.2, 0.25) is 0 Å². The van der Waals surface area contributed by atoms with E-state index < -0.39 is 0 Å². The lowest BCUT2D eigenvalue weighted by Gasteiger charge is -2.33. The Morgan fingerprint density at radius 1 is 1.47 bits per heavy atom. The van der Waals surface area contributed by atoms with Crippen LogP contribution in [0.3, 0.4) is 0 Å². The molecule has 1 aromatic carbocycles. The van der Waals surface area contributed by atoms with Crippen LogP contribution in [0, 0.1) is 5.92 Å². The van der Waals surface area contributed by atoms with Crippen LogP contribution in [0.25, 0.3) is 10.1 Å². The fraction of sp³-hybridized carbons (Fsp3) is 0.357. The predicted octanol–water partition coefficient (Wildman–Crippen LogP) is 3.67. The molecule has 1 saturated carbocycles. The summed E-state index contributed by atoms with van der Waals surface area (Å²) in [4.78, 5) is 12.8. The van der Waals surface area contributed by atoms with Crippen LogP contribution in [0.15, 0.2) is 18.2 Å². The molecule has 0 bridgehead atoms. The topological polar surface area (TPSA) is 55.1 Å². The van der Waals surface area contributed by atoms with E-state index in [0.29, 0.717) is 27.5 Å². The number of nitrogens with one attached hydrogen (secondary N) is 1. The van der Waals surface area contributed by atoms with Crippen molar-refractivity contribution >= 4 is 44.6 Å². The normalized spacial score (nSPS) is 22.2. The van der Waals surface area contributed by atoms with E-state index in [0.717, 1.165) is 22.9 Å². The molecule has 3 rings (SSSR count). The summed E-state index contributed by atoms with van der Waals surface area (Å²) in [7, 11) is 0. The molecule has 3 N–H and O–H groups in total. The molecule has 5 heteroatoms. The second-order valence-electron chi connectivity index (χ2n) is 5.23. The van der Waals surface area contributed by atoms with Crippen LogP contribution in [-0.2, 0) is 0 Å². The lowest BCUT2D eigenvalue weighted by molar-refractivity contribution is 0.0901. The average Bonchev–Trinajstić information content (AvgIpc) is 2.64. The van der Waals surface area contributed by atoms with Gasteiger partial charge in [-0.15, -0.1) is 11.3 Å². The van der Waals surface area contributed by atoms with Crippen molar-refractivity contribution in [2.24, 2.45) is 5.92 Å². The van der Waals surface area contributed by atoms with Gasteiger partial charge in [-0.2, -0.15) is 0 Å². The average molecular weight is 295 g/mol. The van der Waals surface area contributed by atoms with Crippen LogP contribution < -0.4 is 11.1 Å². The first-order valence-corrected chi connectivity index (χ1v) is 7.52. The van der Waals surface area contributed by atoms with Crippen molar-refractivity contribution in [1.82, 2.24) is 5.32 Å². The van der Waals surface area contributed by atoms with Gasteiger partial charge in [0.1, 0.15) is 4.88 Å². The van der Waals surface area contributed by atoms with Crippen molar-refractivity contribution < 1.29 is 4.79 Å². The number of halogens is 1. The van der Waals surface area contributed by atoms with Crippen molar-refractivity contribution in [2.75, 3.05) is 5.73 Å². The van der Waals surface area contributed by atoms with Crippen molar-refractivity contribution in [3.05, 3.63) is 28.1 Å². The molecule has 1 amide bonds. The standard InChI is InChI=1S/C14H15ClN2OS/c1-7-4-9(5-7)17-14(18)13-12(16)10-3-2-8(15)6-11(10)19-13/h2-3,6-7,9H,4-5,16H2,1H3,(H,17,18). The summed E-state index contributed by atoms with van der Waals surface area (Å²) in [5, 5.41) is 4.60. The molecule has 1 fully saturated rings. The Morgan fingerprint density at radius 2 is 2.21 bits per heavy atom. The van der Waals surface area contributed by atoms with Crippen molar-refractivity contribution in [2.45, 2.75) is 25.8 Å². The first-order chi connectivity index (χ1) is 9.04. The second kappa shape index (κ2) is 4.69. The van der Waals surface area contributed by atoms with Crippen molar-refractivity contribution in [3.8, 4) is 0 Å². The number of hydrogen-bond acceptors (Lipinski definition) is 3. The summed E-state index contributed by atoms with van der Waals surface area (Å²) in [6.07, 6.45) is 2.12. The molecule has 1 aliphatic rings. The molecule has 1 aliphatic carbocycles. The molecule has 100 valence electrons. The third-order valence-corrected chi connectivity index (χ3v) is 5.01. The van der Waals surface area contributed by atoms with Crippen LogP contribution in [0.5, 0.6) is 0 Å². The quantitative estimate of drug-likeness (QED) is 0.888. The van der Waals surface area contributed by atoms with Gasteiger partial charge in [-0.25, -0.2) is 0 Å². The number of anilines is 1. The highest BCUT2D eigenvalue weighted by molar-refractivity contribution is 7.21. The minimum Gasteiger partial charge on any atom is -0.397 e. The van der Waals surface area contributed by atoms with E-state index in [2.05, 4.69) is 12.2 Å². The van der Waals surface area contributed by atoms with Gasteiger partial charge in [0.05, 0.1) is 5.69 Å². The molecule has 1 heterocycles. The van der Waals surface area contributed by atoms with Crippen LogP contribution in [0.1, 0.15) is 29.4 Å². The van der Waals surface area contributed by atoms with E-state index in [1.807, 2.05) is 12.1 Å². The Bertz CT molecular complexity index is 646. The van der Waals surface area contributed by atoms with Crippen molar-refractivity contribution in [1.29, 1.82) is 0 Å². The zero-order chi connectivity index (χ0) is 13.6. The molecule has 0 radical (unpaired) electrons. The van der Waals surface area contributed by atoms with E-state index in [-0.39, 0.29) is 5.91 Å². The number of amides is 1.